The molecule has 0 saturated heterocycles. The molecule has 4 nitrogen and oxygen atoms in total. The van der Waals surface area contributed by atoms with Crippen molar-refractivity contribution in [3.05, 3.63) is 12.4 Å². The molecule has 1 aromatic heterocycles. The van der Waals surface area contributed by atoms with Gasteiger partial charge in [0.25, 0.3) is 0 Å². The lowest BCUT2D eigenvalue weighted by molar-refractivity contribution is 0.232. The first-order chi connectivity index (χ1) is 7.74. The first kappa shape index (κ1) is 11.2. The van der Waals surface area contributed by atoms with Crippen LogP contribution in [-0.2, 0) is 0 Å². The first-order valence-electron chi connectivity index (χ1n) is 5.96. The maximum Gasteiger partial charge on any atom is 0.218 e. The highest BCUT2D eigenvalue weighted by atomic mass is 16.5. The molecule has 0 amide bonds. The molecule has 0 bridgehead atoms. The van der Waals surface area contributed by atoms with Crippen LogP contribution in [0.25, 0.3) is 0 Å². The summed E-state index contributed by atoms with van der Waals surface area (Å²) in [5.41, 5.74) is 0. The molecule has 88 valence electrons. The number of aromatic nitrogens is 2. The van der Waals surface area contributed by atoms with Crippen LogP contribution in [0.3, 0.4) is 0 Å². The molecule has 1 saturated carbocycles. The summed E-state index contributed by atoms with van der Waals surface area (Å²) < 4.78 is 5.51. The second kappa shape index (κ2) is 5.14. The molecule has 1 aliphatic rings. The minimum atomic E-state index is 0.148. The van der Waals surface area contributed by atoms with E-state index in [1.54, 1.807) is 6.33 Å². The number of anilines is 1. The lowest BCUT2D eigenvalue weighted by Crippen LogP contribution is -2.21. The fourth-order valence-corrected chi connectivity index (χ4v) is 1.69. The summed E-state index contributed by atoms with van der Waals surface area (Å²) in [6.07, 6.45) is 5.74. The number of rotatable bonds is 5. The molecule has 16 heavy (non-hydrogen) atoms. The predicted octanol–water partition coefficient (Wildman–Crippen LogP) is 2.48. The summed E-state index contributed by atoms with van der Waals surface area (Å²) in [5.74, 6) is 2.32. The summed E-state index contributed by atoms with van der Waals surface area (Å²) in [5, 5.41) is 3.33. The molecular weight excluding hydrogens is 202 g/mol. The van der Waals surface area contributed by atoms with Crippen LogP contribution in [0.2, 0.25) is 0 Å². The third-order valence-corrected chi connectivity index (χ3v) is 2.80. The van der Waals surface area contributed by atoms with Crippen molar-refractivity contribution < 1.29 is 4.74 Å². The Kier molecular flexibility index (Phi) is 3.59. The van der Waals surface area contributed by atoms with Crippen LogP contribution in [0, 0.1) is 5.92 Å². The van der Waals surface area contributed by atoms with E-state index in [1.807, 2.05) is 19.9 Å². The van der Waals surface area contributed by atoms with Gasteiger partial charge in [-0.1, -0.05) is 6.42 Å². The molecule has 0 atom stereocenters. The highest BCUT2D eigenvalue weighted by molar-refractivity contribution is 5.37. The van der Waals surface area contributed by atoms with Crippen LogP contribution >= 0.6 is 0 Å². The molecule has 2 rings (SSSR count). The zero-order valence-electron chi connectivity index (χ0n) is 9.94. The van der Waals surface area contributed by atoms with Gasteiger partial charge in [-0.3, -0.25) is 0 Å². The predicted molar refractivity (Wildman–Crippen MR) is 63.6 cm³/mol. The summed E-state index contributed by atoms with van der Waals surface area (Å²) in [6, 6.07) is 1.86. The van der Waals surface area contributed by atoms with Crippen molar-refractivity contribution in [1.82, 2.24) is 9.97 Å². The van der Waals surface area contributed by atoms with Gasteiger partial charge in [0.1, 0.15) is 12.1 Å². The maximum atomic E-state index is 5.51. The SMILES string of the molecule is CC(C)Oc1cc(NCC2CCC2)ncn1. The largest absolute Gasteiger partial charge is 0.475 e. The van der Waals surface area contributed by atoms with Crippen LogP contribution in [0.5, 0.6) is 5.88 Å². The lowest BCUT2D eigenvalue weighted by atomic mass is 9.85. The first-order valence-corrected chi connectivity index (χ1v) is 5.96. The minimum absolute atomic E-state index is 0.148. The van der Waals surface area contributed by atoms with E-state index in [0.717, 1.165) is 18.3 Å². The van der Waals surface area contributed by atoms with Crippen LogP contribution < -0.4 is 10.1 Å². The molecule has 4 heteroatoms. The van der Waals surface area contributed by atoms with Crippen molar-refractivity contribution in [2.75, 3.05) is 11.9 Å². The van der Waals surface area contributed by atoms with Gasteiger partial charge in [0.05, 0.1) is 6.10 Å². The summed E-state index contributed by atoms with van der Waals surface area (Å²) in [6.45, 7) is 4.99. The van der Waals surface area contributed by atoms with Crippen molar-refractivity contribution >= 4 is 5.82 Å². The van der Waals surface area contributed by atoms with Gasteiger partial charge in [-0.05, 0) is 32.6 Å². The summed E-state index contributed by atoms with van der Waals surface area (Å²) in [7, 11) is 0. The van der Waals surface area contributed by atoms with Gasteiger partial charge in [0, 0.05) is 12.6 Å². The Morgan fingerprint density at radius 2 is 2.25 bits per heavy atom. The molecule has 1 fully saturated rings. The van der Waals surface area contributed by atoms with Gasteiger partial charge in [-0.15, -0.1) is 0 Å². The lowest BCUT2D eigenvalue weighted by Gasteiger charge is -2.25. The standard InChI is InChI=1S/C12H19N3O/c1-9(2)16-12-6-11(14-8-15-12)13-7-10-4-3-5-10/h6,8-10H,3-5,7H2,1-2H3,(H,13,14,15). The highest BCUT2D eigenvalue weighted by Gasteiger charge is 2.16. The van der Waals surface area contributed by atoms with E-state index in [9.17, 15) is 0 Å². The fraction of sp³-hybridized carbons (Fsp3) is 0.667. The Labute approximate surface area is 96.4 Å². The van der Waals surface area contributed by atoms with Gasteiger partial charge in [0.15, 0.2) is 0 Å². The van der Waals surface area contributed by atoms with Crippen molar-refractivity contribution in [2.24, 2.45) is 5.92 Å². The van der Waals surface area contributed by atoms with Crippen molar-refractivity contribution in [3.8, 4) is 5.88 Å². The molecule has 0 aromatic carbocycles. The van der Waals surface area contributed by atoms with Crippen LogP contribution in [0.4, 0.5) is 5.82 Å². The number of nitrogens with zero attached hydrogens (tertiary/aromatic N) is 2. The molecule has 0 radical (unpaired) electrons. The van der Waals surface area contributed by atoms with Crippen LogP contribution in [-0.4, -0.2) is 22.6 Å². The zero-order chi connectivity index (χ0) is 11.4. The van der Waals surface area contributed by atoms with E-state index < -0.39 is 0 Å². The van der Waals surface area contributed by atoms with Crippen molar-refractivity contribution in [3.63, 3.8) is 0 Å². The topological polar surface area (TPSA) is 47.0 Å². The summed E-state index contributed by atoms with van der Waals surface area (Å²) >= 11 is 0. The normalized spacial score (nSPS) is 15.9. The Balaban J connectivity index is 1.87. The van der Waals surface area contributed by atoms with Crippen molar-refractivity contribution in [1.29, 1.82) is 0 Å². The van der Waals surface area contributed by atoms with Gasteiger partial charge in [0.2, 0.25) is 5.88 Å². The summed E-state index contributed by atoms with van der Waals surface area (Å²) in [4.78, 5) is 8.24. The third-order valence-electron chi connectivity index (χ3n) is 2.80. The van der Waals surface area contributed by atoms with E-state index in [2.05, 4.69) is 15.3 Å². The molecular formula is C12H19N3O. The van der Waals surface area contributed by atoms with Crippen LogP contribution in [0.1, 0.15) is 33.1 Å². The van der Waals surface area contributed by atoms with E-state index >= 15 is 0 Å². The molecule has 0 unspecified atom stereocenters. The second-order valence-corrected chi connectivity index (χ2v) is 4.59. The van der Waals surface area contributed by atoms with Crippen molar-refractivity contribution in [2.45, 2.75) is 39.2 Å². The van der Waals surface area contributed by atoms with Gasteiger partial charge >= 0.3 is 0 Å². The zero-order valence-corrected chi connectivity index (χ0v) is 9.94. The van der Waals surface area contributed by atoms with Crippen LogP contribution in [0.15, 0.2) is 12.4 Å². The van der Waals surface area contributed by atoms with E-state index in [-0.39, 0.29) is 6.10 Å². The Bertz CT molecular complexity index is 337. The Morgan fingerprint density at radius 3 is 2.88 bits per heavy atom. The number of hydrogen-bond acceptors (Lipinski definition) is 4. The third kappa shape index (κ3) is 3.08. The maximum absolute atomic E-state index is 5.51. The van der Waals surface area contributed by atoms with E-state index in [0.29, 0.717) is 5.88 Å². The van der Waals surface area contributed by atoms with Gasteiger partial charge in [-0.2, -0.15) is 0 Å². The number of nitrogens with one attached hydrogen (secondary N) is 1. The quantitative estimate of drug-likeness (QED) is 0.829. The smallest absolute Gasteiger partial charge is 0.218 e. The molecule has 0 spiro atoms. The average Bonchev–Trinajstić information content (AvgIpc) is 2.14. The van der Waals surface area contributed by atoms with Gasteiger partial charge in [-0.25, -0.2) is 9.97 Å². The van der Waals surface area contributed by atoms with Gasteiger partial charge < -0.3 is 10.1 Å². The molecule has 1 aromatic rings. The molecule has 1 aliphatic carbocycles. The highest BCUT2D eigenvalue weighted by Crippen LogP contribution is 2.26. The molecule has 1 N–H and O–H groups in total. The minimum Gasteiger partial charge on any atom is -0.475 e. The Morgan fingerprint density at radius 1 is 1.44 bits per heavy atom. The Hall–Kier alpha value is -1.32. The number of hydrogen-bond donors (Lipinski definition) is 1. The van der Waals surface area contributed by atoms with E-state index in [1.165, 1.54) is 19.3 Å². The molecule has 0 aliphatic heterocycles. The monoisotopic (exact) mass is 221 g/mol. The number of ether oxygens (including phenoxy) is 1. The second-order valence-electron chi connectivity index (χ2n) is 4.59. The molecule has 1 heterocycles. The van der Waals surface area contributed by atoms with E-state index in [4.69, 9.17) is 4.74 Å². The average molecular weight is 221 g/mol. The fourth-order valence-electron chi connectivity index (χ4n) is 1.69.